The summed E-state index contributed by atoms with van der Waals surface area (Å²) >= 11 is 0. The molecule has 0 saturated carbocycles. The Bertz CT molecular complexity index is 832. The second-order valence-electron chi connectivity index (χ2n) is 7.06. The Balaban J connectivity index is 1.46. The normalized spacial score (nSPS) is 14.3. The molecule has 0 bridgehead atoms. The van der Waals surface area contributed by atoms with Crippen LogP contribution in [-0.4, -0.2) is 52.6 Å². The first-order valence-corrected chi connectivity index (χ1v) is 9.89. The number of piperidine rings is 1. The third-order valence-electron chi connectivity index (χ3n) is 4.80. The number of benzene rings is 1. The molecule has 0 atom stereocenters. The van der Waals surface area contributed by atoms with Crippen molar-refractivity contribution >= 4 is 17.8 Å². The van der Waals surface area contributed by atoms with Crippen molar-refractivity contribution in [3.63, 3.8) is 0 Å². The van der Waals surface area contributed by atoms with E-state index in [9.17, 15) is 9.59 Å². The van der Waals surface area contributed by atoms with E-state index in [0.29, 0.717) is 44.9 Å². The third kappa shape index (κ3) is 5.91. The van der Waals surface area contributed by atoms with Gasteiger partial charge in [-0.25, -0.2) is 14.8 Å². The molecule has 3 rings (SSSR count). The summed E-state index contributed by atoms with van der Waals surface area (Å²) in [6.07, 6.45) is 4.12. The molecule has 29 heavy (non-hydrogen) atoms. The Morgan fingerprint density at radius 3 is 2.66 bits per heavy atom. The highest BCUT2D eigenvalue weighted by atomic mass is 16.6. The molecule has 2 amide bonds. The first-order valence-electron chi connectivity index (χ1n) is 9.89. The molecule has 8 heteroatoms. The summed E-state index contributed by atoms with van der Waals surface area (Å²) < 4.78 is 5.01. The van der Waals surface area contributed by atoms with Crippen molar-refractivity contribution in [1.82, 2.24) is 20.2 Å². The molecular weight excluding hydrogens is 370 g/mol. The monoisotopic (exact) mass is 397 g/mol. The van der Waals surface area contributed by atoms with Gasteiger partial charge in [0.05, 0.1) is 19.0 Å². The highest BCUT2D eigenvalue weighted by molar-refractivity contribution is 5.92. The second kappa shape index (κ2) is 9.86. The first-order chi connectivity index (χ1) is 14.0. The number of carbonyl (C=O) groups is 2. The molecule has 1 saturated heterocycles. The van der Waals surface area contributed by atoms with Crippen LogP contribution in [0.5, 0.6) is 0 Å². The van der Waals surface area contributed by atoms with Gasteiger partial charge in [0, 0.05) is 25.7 Å². The van der Waals surface area contributed by atoms with Crippen molar-refractivity contribution < 1.29 is 14.3 Å². The van der Waals surface area contributed by atoms with Gasteiger partial charge in [-0.15, -0.1) is 0 Å². The molecule has 154 valence electrons. The average Bonchev–Trinajstić information content (AvgIpc) is 2.73. The maximum absolute atomic E-state index is 12.4. The van der Waals surface area contributed by atoms with Gasteiger partial charge in [0.1, 0.15) is 11.5 Å². The predicted octanol–water partition coefficient (Wildman–Crippen LogP) is 2.75. The molecule has 8 nitrogen and oxygen atoms in total. The molecular formula is C21H27N5O3. The summed E-state index contributed by atoms with van der Waals surface area (Å²) in [5.74, 6) is 0.364. The predicted molar refractivity (Wildman–Crippen MR) is 110 cm³/mol. The van der Waals surface area contributed by atoms with Gasteiger partial charge in [-0.1, -0.05) is 29.8 Å². The van der Waals surface area contributed by atoms with E-state index >= 15 is 0 Å². The fourth-order valence-corrected chi connectivity index (χ4v) is 3.23. The number of likely N-dealkylation sites (tertiary alicyclic amines) is 1. The minimum atomic E-state index is -0.295. The summed E-state index contributed by atoms with van der Waals surface area (Å²) in [6, 6.07) is 8.23. The summed E-state index contributed by atoms with van der Waals surface area (Å²) in [6.45, 7) is 5.98. The number of hydrogen-bond donors (Lipinski definition) is 2. The molecule has 0 spiro atoms. The number of nitrogens with one attached hydrogen (secondary N) is 2. The van der Waals surface area contributed by atoms with Crippen LogP contribution in [0.15, 0.2) is 36.7 Å². The zero-order valence-electron chi connectivity index (χ0n) is 16.9. The van der Waals surface area contributed by atoms with Crippen molar-refractivity contribution in [2.45, 2.75) is 39.3 Å². The summed E-state index contributed by atoms with van der Waals surface area (Å²) in [5.41, 5.74) is 2.64. The van der Waals surface area contributed by atoms with Crippen molar-refractivity contribution in [3.8, 4) is 0 Å². The Labute approximate surface area is 170 Å². The zero-order chi connectivity index (χ0) is 20.6. The van der Waals surface area contributed by atoms with E-state index in [4.69, 9.17) is 4.74 Å². The van der Waals surface area contributed by atoms with Crippen LogP contribution in [0.2, 0.25) is 0 Å². The highest BCUT2D eigenvalue weighted by Gasteiger charge is 2.25. The van der Waals surface area contributed by atoms with Crippen LogP contribution in [-0.2, 0) is 11.3 Å². The molecule has 1 fully saturated rings. The maximum atomic E-state index is 12.4. The Morgan fingerprint density at radius 1 is 1.21 bits per heavy atom. The quantitative estimate of drug-likeness (QED) is 0.778. The van der Waals surface area contributed by atoms with Crippen LogP contribution in [0.1, 0.15) is 41.4 Å². The third-order valence-corrected chi connectivity index (χ3v) is 4.80. The molecule has 1 aliphatic heterocycles. The number of ether oxygens (including phenoxy) is 1. The van der Waals surface area contributed by atoms with E-state index in [0.717, 1.165) is 5.56 Å². The lowest BCUT2D eigenvalue weighted by molar-refractivity contribution is 0.0856. The van der Waals surface area contributed by atoms with Crippen molar-refractivity contribution in [3.05, 3.63) is 53.5 Å². The van der Waals surface area contributed by atoms with Crippen LogP contribution < -0.4 is 10.6 Å². The Hall–Kier alpha value is -3.16. The van der Waals surface area contributed by atoms with Crippen molar-refractivity contribution in [1.29, 1.82) is 0 Å². The lowest BCUT2D eigenvalue weighted by Crippen LogP contribution is -2.46. The number of anilines is 1. The second-order valence-corrected chi connectivity index (χ2v) is 7.06. The first kappa shape index (κ1) is 20.6. The van der Waals surface area contributed by atoms with Gasteiger partial charge >= 0.3 is 6.09 Å². The zero-order valence-corrected chi connectivity index (χ0v) is 16.9. The lowest BCUT2D eigenvalue weighted by Gasteiger charge is -2.31. The SMILES string of the molecule is CCOC(=O)N1CCC(NC(=O)c2cnc(NCc3cccc(C)c3)cn2)CC1. The van der Waals surface area contributed by atoms with Crippen LogP contribution in [0, 0.1) is 6.92 Å². The molecule has 1 aliphatic rings. The van der Waals surface area contributed by atoms with Gasteiger partial charge in [0.25, 0.3) is 5.91 Å². The van der Waals surface area contributed by atoms with Gasteiger partial charge in [0.2, 0.25) is 0 Å². The molecule has 2 N–H and O–H groups in total. The molecule has 1 aromatic heterocycles. The standard InChI is InChI=1S/C21H27N5O3/c1-3-29-21(28)26-9-7-17(8-10-26)25-20(27)18-13-24-19(14-22-18)23-12-16-6-4-5-15(2)11-16/h4-6,11,13-14,17H,3,7-10,12H2,1-2H3,(H,23,24)(H,25,27). The summed E-state index contributed by atoms with van der Waals surface area (Å²) in [5, 5.41) is 6.18. The van der Waals surface area contributed by atoms with E-state index in [1.165, 1.54) is 11.8 Å². The molecule has 1 aromatic carbocycles. The Kier molecular flexibility index (Phi) is 6.99. The smallest absolute Gasteiger partial charge is 0.409 e. The van der Waals surface area contributed by atoms with Crippen LogP contribution in [0.25, 0.3) is 0 Å². The number of carbonyl (C=O) groups excluding carboxylic acids is 2. The maximum Gasteiger partial charge on any atom is 0.409 e. The summed E-state index contributed by atoms with van der Waals surface area (Å²) in [4.78, 5) is 34.3. The minimum absolute atomic E-state index is 0.00842. The van der Waals surface area contributed by atoms with E-state index in [1.807, 2.05) is 12.1 Å². The fourth-order valence-electron chi connectivity index (χ4n) is 3.23. The fraction of sp³-hybridized carbons (Fsp3) is 0.429. The number of aryl methyl sites for hydroxylation is 1. The Morgan fingerprint density at radius 2 is 2.00 bits per heavy atom. The van der Waals surface area contributed by atoms with Crippen LogP contribution in [0.3, 0.4) is 0 Å². The van der Waals surface area contributed by atoms with Gasteiger partial charge in [-0.05, 0) is 32.3 Å². The average molecular weight is 397 g/mol. The molecule has 0 aliphatic carbocycles. The number of nitrogens with zero attached hydrogens (tertiary/aromatic N) is 3. The summed E-state index contributed by atoms with van der Waals surface area (Å²) in [7, 11) is 0. The minimum Gasteiger partial charge on any atom is -0.450 e. The lowest BCUT2D eigenvalue weighted by atomic mass is 10.1. The molecule has 2 aromatic rings. The van der Waals surface area contributed by atoms with Crippen molar-refractivity contribution in [2.24, 2.45) is 0 Å². The number of hydrogen-bond acceptors (Lipinski definition) is 6. The highest BCUT2D eigenvalue weighted by Crippen LogP contribution is 2.13. The van der Waals surface area contributed by atoms with Crippen molar-refractivity contribution in [2.75, 3.05) is 25.0 Å². The number of amides is 2. The number of aromatic nitrogens is 2. The van der Waals surface area contributed by atoms with E-state index < -0.39 is 0 Å². The molecule has 2 heterocycles. The van der Waals surface area contributed by atoms with Gasteiger partial charge < -0.3 is 20.3 Å². The van der Waals surface area contributed by atoms with Gasteiger partial charge in [0.15, 0.2) is 0 Å². The molecule has 0 unspecified atom stereocenters. The van der Waals surface area contributed by atoms with E-state index in [1.54, 1.807) is 18.0 Å². The number of rotatable bonds is 6. The van der Waals surface area contributed by atoms with Crippen LogP contribution in [0.4, 0.5) is 10.6 Å². The van der Waals surface area contributed by atoms with Crippen LogP contribution >= 0.6 is 0 Å². The van der Waals surface area contributed by atoms with Gasteiger partial charge in [-0.3, -0.25) is 4.79 Å². The van der Waals surface area contributed by atoms with E-state index in [-0.39, 0.29) is 23.7 Å². The molecule has 0 radical (unpaired) electrons. The topological polar surface area (TPSA) is 96.5 Å². The largest absolute Gasteiger partial charge is 0.450 e. The van der Waals surface area contributed by atoms with Gasteiger partial charge in [-0.2, -0.15) is 0 Å². The van der Waals surface area contributed by atoms with E-state index in [2.05, 4.69) is 39.7 Å².